The van der Waals surface area contributed by atoms with Gasteiger partial charge in [-0.1, -0.05) is 11.4 Å². The SMILES string of the molecule is C=C[Si](C)(OC(C)C(F)(F)F)O[Si](C)(C=C)OC(C)C(F)(F)F. The molecule has 0 aromatic carbocycles. The Balaban J connectivity index is 5.24. The van der Waals surface area contributed by atoms with Crippen molar-refractivity contribution in [3.05, 3.63) is 24.6 Å². The van der Waals surface area contributed by atoms with Crippen LogP contribution in [0.5, 0.6) is 0 Å². The average Bonchev–Trinajstić information content (AvgIpc) is 2.36. The summed E-state index contributed by atoms with van der Waals surface area (Å²) in [4.78, 5) is 0. The highest BCUT2D eigenvalue weighted by molar-refractivity contribution is 6.84. The van der Waals surface area contributed by atoms with Crippen LogP contribution in [0, 0.1) is 0 Å². The van der Waals surface area contributed by atoms with E-state index in [-0.39, 0.29) is 0 Å². The zero-order valence-electron chi connectivity index (χ0n) is 13.2. The smallest absolute Gasteiger partial charge is 0.409 e. The number of hydrogen-bond acceptors (Lipinski definition) is 3. The van der Waals surface area contributed by atoms with Gasteiger partial charge in [-0.05, 0) is 26.9 Å². The van der Waals surface area contributed by atoms with E-state index < -0.39 is 41.7 Å². The lowest BCUT2D eigenvalue weighted by Gasteiger charge is -2.37. The first-order valence-electron chi connectivity index (χ1n) is 6.55. The molecule has 0 heterocycles. The Hall–Kier alpha value is -0.626. The Bertz CT molecular complexity index is 390. The fraction of sp³-hybridized carbons (Fsp3) is 0.667. The second-order valence-electron chi connectivity index (χ2n) is 5.15. The maximum absolute atomic E-state index is 12.6. The standard InChI is InChI=1S/C12H20F6O3Si2/c1-7-22(5,19-9(3)11(13,14)15)21-23(6,8-2)20-10(4)12(16,17)18/h7-10H,1-2H2,3-6H3. The molecule has 0 spiro atoms. The van der Waals surface area contributed by atoms with E-state index in [1.54, 1.807) is 0 Å². The number of hydrogen-bond donors (Lipinski definition) is 0. The van der Waals surface area contributed by atoms with E-state index in [4.69, 9.17) is 13.0 Å². The fourth-order valence-electron chi connectivity index (χ4n) is 1.47. The predicted octanol–water partition coefficient (Wildman–Crippen LogP) is 4.53. The monoisotopic (exact) mass is 382 g/mol. The summed E-state index contributed by atoms with van der Waals surface area (Å²) in [5, 5.41) is 0. The topological polar surface area (TPSA) is 27.7 Å². The van der Waals surface area contributed by atoms with E-state index >= 15 is 0 Å². The molecule has 23 heavy (non-hydrogen) atoms. The van der Waals surface area contributed by atoms with Crippen LogP contribution in [-0.4, -0.2) is 41.7 Å². The average molecular weight is 382 g/mol. The second-order valence-corrected chi connectivity index (χ2v) is 11.3. The van der Waals surface area contributed by atoms with Gasteiger partial charge < -0.3 is 13.0 Å². The quantitative estimate of drug-likeness (QED) is 0.456. The highest BCUT2D eigenvalue weighted by Crippen LogP contribution is 2.30. The van der Waals surface area contributed by atoms with Gasteiger partial charge in [0.1, 0.15) is 12.2 Å². The molecule has 0 amide bonds. The van der Waals surface area contributed by atoms with E-state index in [0.29, 0.717) is 0 Å². The third-order valence-electron chi connectivity index (χ3n) is 2.89. The van der Waals surface area contributed by atoms with E-state index in [2.05, 4.69) is 13.2 Å². The van der Waals surface area contributed by atoms with E-state index in [0.717, 1.165) is 25.2 Å². The van der Waals surface area contributed by atoms with Crippen molar-refractivity contribution in [1.82, 2.24) is 0 Å². The summed E-state index contributed by atoms with van der Waals surface area (Å²) in [6.45, 7) is 10.8. The molecule has 0 rings (SSSR count). The Morgan fingerprint density at radius 3 is 1.22 bits per heavy atom. The molecule has 0 bridgehead atoms. The highest BCUT2D eigenvalue weighted by atomic mass is 28.5. The molecule has 0 aromatic rings. The highest BCUT2D eigenvalue weighted by Gasteiger charge is 2.49. The Morgan fingerprint density at radius 2 is 1.04 bits per heavy atom. The third-order valence-corrected chi connectivity index (χ3v) is 9.26. The molecule has 3 nitrogen and oxygen atoms in total. The molecule has 0 fully saturated rings. The fourth-order valence-corrected chi connectivity index (χ4v) is 7.60. The maximum Gasteiger partial charge on any atom is 0.413 e. The Kier molecular flexibility index (Phi) is 7.30. The van der Waals surface area contributed by atoms with Crippen LogP contribution in [0.2, 0.25) is 13.1 Å². The van der Waals surface area contributed by atoms with E-state index in [9.17, 15) is 26.3 Å². The summed E-state index contributed by atoms with van der Waals surface area (Å²) in [6, 6.07) is 0. The molecule has 0 aliphatic rings. The van der Waals surface area contributed by atoms with E-state index in [1.807, 2.05) is 0 Å². The van der Waals surface area contributed by atoms with Crippen molar-refractivity contribution in [1.29, 1.82) is 0 Å². The molecular weight excluding hydrogens is 362 g/mol. The maximum atomic E-state index is 12.6. The Morgan fingerprint density at radius 1 is 0.783 bits per heavy atom. The van der Waals surface area contributed by atoms with Crippen LogP contribution in [0.4, 0.5) is 26.3 Å². The van der Waals surface area contributed by atoms with Crippen LogP contribution >= 0.6 is 0 Å². The van der Waals surface area contributed by atoms with Gasteiger partial charge in [-0.25, -0.2) is 0 Å². The van der Waals surface area contributed by atoms with Crippen LogP contribution in [0.3, 0.4) is 0 Å². The molecule has 0 radical (unpaired) electrons. The largest absolute Gasteiger partial charge is 0.413 e. The molecule has 0 aliphatic heterocycles. The van der Waals surface area contributed by atoms with Crippen LogP contribution in [-0.2, 0) is 13.0 Å². The van der Waals surface area contributed by atoms with Gasteiger partial charge in [-0.15, -0.1) is 13.2 Å². The van der Waals surface area contributed by atoms with Crippen molar-refractivity contribution in [3.8, 4) is 0 Å². The normalized spacial score (nSPS) is 21.0. The molecule has 4 atom stereocenters. The van der Waals surface area contributed by atoms with Crippen molar-refractivity contribution in [2.75, 3.05) is 0 Å². The van der Waals surface area contributed by atoms with Gasteiger partial charge in [0.15, 0.2) is 0 Å². The predicted molar refractivity (Wildman–Crippen MR) is 77.9 cm³/mol. The summed E-state index contributed by atoms with van der Waals surface area (Å²) in [6.07, 6.45) is -13.6. The zero-order valence-corrected chi connectivity index (χ0v) is 15.2. The number of halogens is 6. The first-order chi connectivity index (χ1) is 10.1. The van der Waals surface area contributed by atoms with Gasteiger partial charge in [-0.3, -0.25) is 0 Å². The Labute approximate surface area is 133 Å². The molecule has 11 heteroatoms. The van der Waals surface area contributed by atoms with Crippen LogP contribution in [0.15, 0.2) is 24.6 Å². The molecule has 0 aliphatic carbocycles. The van der Waals surface area contributed by atoms with Crippen LogP contribution < -0.4 is 0 Å². The van der Waals surface area contributed by atoms with E-state index in [1.165, 1.54) is 13.1 Å². The summed E-state index contributed by atoms with van der Waals surface area (Å²) < 4.78 is 91.0. The lowest BCUT2D eigenvalue weighted by Crippen LogP contribution is -2.55. The summed E-state index contributed by atoms with van der Waals surface area (Å²) in [5.74, 6) is 0. The van der Waals surface area contributed by atoms with Gasteiger partial charge in [0.05, 0.1) is 0 Å². The second kappa shape index (κ2) is 7.51. The van der Waals surface area contributed by atoms with Gasteiger partial charge in [0, 0.05) is 0 Å². The molecule has 0 saturated carbocycles. The first kappa shape index (κ1) is 22.4. The van der Waals surface area contributed by atoms with Crippen molar-refractivity contribution in [2.45, 2.75) is 51.5 Å². The summed E-state index contributed by atoms with van der Waals surface area (Å²) >= 11 is 0. The van der Waals surface area contributed by atoms with Crippen molar-refractivity contribution < 1.29 is 39.3 Å². The molecule has 4 unspecified atom stereocenters. The van der Waals surface area contributed by atoms with Crippen molar-refractivity contribution in [3.63, 3.8) is 0 Å². The molecule has 0 saturated heterocycles. The van der Waals surface area contributed by atoms with Crippen molar-refractivity contribution >= 4 is 17.1 Å². The third kappa shape index (κ3) is 7.20. The summed E-state index contributed by atoms with van der Waals surface area (Å²) in [5.41, 5.74) is 2.12. The zero-order chi connectivity index (χ0) is 18.7. The van der Waals surface area contributed by atoms with Crippen LogP contribution in [0.25, 0.3) is 0 Å². The molecule has 0 N–H and O–H groups in total. The number of rotatable bonds is 8. The van der Waals surface area contributed by atoms with Crippen LogP contribution in [0.1, 0.15) is 13.8 Å². The molecule has 136 valence electrons. The summed E-state index contributed by atoms with van der Waals surface area (Å²) in [7, 11) is -7.27. The van der Waals surface area contributed by atoms with Gasteiger partial charge in [0.25, 0.3) is 0 Å². The minimum Gasteiger partial charge on any atom is -0.409 e. The lowest BCUT2D eigenvalue weighted by molar-refractivity contribution is -0.197. The minimum atomic E-state index is -4.63. The van der Waals surface area contributed by atoms with Gasteiger partial charge in [0.2, 0.25) is 0 Å². The minimum absolute atomic E-state index is 0.782. The first-order valence-corrected chi connectivity index (χ1v) is 11.3. The molecule has 0 aromatic heterocycles. The van der Waals surface area contributed by atoms with Crippen molar-refractivity contribution in [2.24, 2.45) is 0 Å². The van der Waals surface area contributed by atoms with Gasteiger partial charge >= 0.3 is 29.5 Å². The molecular formula is C12H20F6O3Si2. The van der Waals surface area contributed by atoms with Gasteiger partial charge in [-0.2, -0.15) is 26.3 Å². The number of alkyl halides is 6. The lowest BCUT2D eigenvalue weighted by atomic mass is 10.4.